The minimum Gasteiger partial charge on any atom is -0.453 e. The van der Waals surface area contributed by atoms with Crippen molar-refractivity contribution in [2.75, 3.05) is 0 Å². The molecular weight excluding hydrogens is 244 g/mol. The molecule has 1 aliphatic carbocycles. The molecule has 1 saturated heterocycles. The number of Topliss-reactive ketones (excluding diaryl/α,β-unsaturated/α-hetero) is 2. The molecule has 4 nitrogen and oxygen atoms in total. The number of hydrogen-bond donors (Lipinski definition) is 0. The lowest BCUT2D eigenvalue weighted by Crippen LogP contribution is -2.34. The highest BCUT2D eigenvalue weighted by molar-refractivity contribution is 6.22. The van der Waals surface area contributed by atoms with Gasteiger partial charge in [0.05, 0.1) is 0 Å². The number of carbonyl (C=O) groups excluding carboxylic acids is 3. The Balaban J connectivity index is 2.04. The second-order valence-corrected chi connectivity index (χ2v) is 6.13. The van der Waals surface area contributed by atoms with Crippen molar-refractivity contribution in [3.05, 3.63) is 0 Å². The largest absolute Gasteiger partial charge is 0.453 e. The SMILES string of the molecule is CC(C)CC1OC(=O)C(C(=O)C2CCCCC2)C1=O. The summed E-state index contributed by atoms with van der Waals surface area (Å²) in [5, 5.41) is 0. The number of carbonyl (C=O) groups is 3. The highest BCUT2D eigenvalue weighted by Crippen LogP contribution is 2.31. The Morgan fingerprint density at radius 1 is 1.21 bits per heavy atom. The van der Waals surface area contributed by atoms with E-state index in [1.807, 2.05) is 13.8 Å². The van der Waals surface area contributed by atoms with E-state index in [1.54, 1.807) is 0 Å². The molecule has 2 rings (SSSR count). The van der Waals surface area contributed by atoms with Crippen molar-refractivity contribution in [2.45, 2.75) is 58.5 Å². The lowest BCUT2D eigenvalue weighted by Gasteiger charge is -2.21. The first kappa shape index (κ1) is 14.2. The summed E-state index contributed by atoms with van der Waals surface area (Å²) in [6.07, 6.45) is 4.60. The minimum atomic E-state index is -1.13. The fourth-order valence-electron chi connectivity index (χ4n) is 3.04. The zero-order valence-corrected chi connectivity index (χ0v) is 11.7. The van der Waals surface area contributed by atoms with Crippen LogP contribution in [0.15, 0.2) is 0 Å². The van der Waals surface area contributed by atoms with Crippen LogP contribution in [0.2, 0.25) is 0 Å². The quantitative estimate of drug-likeness (QED) is 0.578. The van der Waals surface area contributed by atoms with Gasteiger partial charge in [-0.1, -0.05) is 33.1 Å². The summed E-state index contributed by atoms with van der Waals surface area (Å²) in [6.45, 7) is 3.94. The molecule has 0 amide bonds. The molecule has 1 aliphatic heterocycles. The van der Waals surface area contributed by atoms with Crippen LogP contribution in [0.1, 0.15) is 52.4 Å². The molecular formula is C15H22O4. The maximum Gasteiger partial charge on any atom is 0.325 e. The van der Waals surface area contributed by atoms with Gasteiger partial charge in [-0.3, -0.25) is 14.4 Å². The van der Waals surface area contributed by atoms with Crippen LogP contribution < -0.4 is 0 Å². The van der Waals surface area contributed by atoms with Gasteiger partial charge in [-0.25, -0.2) is 0 Å². The van der Waals surface area contributed by atoms with Crippen molar-refractivity contribution in [2.24, 2.45) is 17.8 Å². The highest BCUT2D eigenvalue weighted by Gasteiger charge is 2.49. The van der Waals surface area contributed by atoms with Crippen LogP contribution in [0.4, 0.5) is 0 Å². The van der Waals surface area contributed by atoms with Crippen LogP contribution in [0.25, 0.3) is 0 Å². The molecule has 0 aromatic carbocycles. The predicted molar refractivity (Wildman–Crippen MR) is 69.4 cm³/mol. The standard InChI is InChI=1S/C15H22O4/c1-9(2)8-11-14(17)12(15(18)19-11)13(16)10-6-4-3-5-7-10/h9-12H,3-8H2,1-2H3. The number of esters is 1. The van der Waals surface area contributed by atoms with Gasteiger partial charge < -0.3 is 4.74 Å². The van der Waals surface area contributed by atoms with Crippen LogP contribution >= 0.6 is 0 Å². The Bertz CT molecular complexity index is 380. The van der Waals surface area contributed by atoms with Crippen LogP contribution in [-0.2, 0) is 19.1 Å². The minimum absolute atomic E-state index is 0.118. The zero-order chi connectivity index (χ0) is 14.0. The fraction of sp³-hybridized carbons (Fsp3) is 0.800. The third-order valence-electron chi connectivity index (χ3n) is 4.07. The van der Waals surface area contributed by atoms with Gasteiger partial charge in [0, 0.05) is 5.92 Å². The second kappa shape index (κ2) is 5.85. The van der Waals surface area contributed by atoms with E-state index in [9.17, 15) is 14.4 Å². The summed E-state index contributed by atoms with van der Waals surface area (Å²) in [7, 11) is 0. The van der Waals surface area contributed by atoms with Crippen molar-refractivity contribution < 1.29 is 19.1 Å². The molecule has 2 unspecified atom stereocenters. The average molecular weight is 266 g/mol. The first-order chi connectivity index (χ1) is 9.00. The molecule has 1 saturated carbocycles. The molecule has 2 aliphatic rings. The van der Waals surface area contributed by atoms with E-state index in [1.165, 1.54) is 0 Å². The molecule has 2 fully saturated rings. The maximum atomic E-state index is 12.3. The summed E-state index contributed by atoms with van der Waals surface area (Å²) in [5.41, 5.74) is 0. The van der Waals surface area contributed by atoms with Gasteiger partial charge in [0.1, 0.15) is 0 Å². The van der Waals surface area contributed by atoms with Gasteiger partial charge >= 0.3 is 5.97 Å². The van der Waals surface area contributed by atoms with Gasteiger partial charge in [0.15, 0.2) is 23.6 Å². The number of cyclic esters (lactones) is 1. The van der Waals surface area contributed by atoms with E-state index < -0.39 is 18.0 Å². The molecule has 0 N–H and O–H groups in total. The normalized spacial score (nSPS) is 28.8. The predicted octanol–water partition coefficient (Wildman–Crippen LogP) is 2.29. The third-order valence-corrected chi connectivity index (χ3v) is 4.07. The van der Waals surface area contributed by atoms with E-state index >= 15 is 0 Å². The van der Waals surface area contributed by atoms with Gasteiger partial charge in [0.25, 0.3) is 0 Å². The Hall–Kier alpha value is -1.19. The summed E-state index contributed by atoms with van der Waals surface area (Å²) >= 11 is 0. The smallest absolute Gasteiger partial charge is 0.325 e. The monoisotopic (exact) mass is 266 g/mol. The van der Waals surface area contributed by atoms with Crippen LogP contribution in [-0.4, -0.2) is 23.6 Å². The third kappa shape index (κ3) is 3.04. The molecule has 0 aromatic rings. The zero-order valence-electron chi connectivity index (χ0n) is 11.7. The van der Waals surface area contributed by atoms with Gasteiger partial charge in [-0.15, -0.1) is 0 Å². The molecule has 0 aromatic heterocycles. The van der Waals surface area contributed by atoms with E-state index in [-0.39, 0.29) is 23.4 Å². The summed E-state index contributed by atoms with van der Waals surface area (Å²) in [4.78, 5) is 36.3. The van der Waals surface area contributed by atoms with Crippen molar-refractivity contribution in [3.8, 4) is 0 Å². The van der Waals surface area contributed by atoms with E-state index in [0.29, 0.717) is 6.42 Å². The molecule has 4 heteroatoms. The number of rotatable bonds is 4. The lowest BCUT2D eigenvalue weighted by molar-refractivity contribution is -0.148. The molecule has 0 spiro atoms. The Morgan fingerprint density at radius 2 is 1.84 bits per heavy atom. The summed E-state index contributed by atoms with van der Waals surface area (Å²) in [5.74, 6) is -2.10. The summed E-state index contributed by atoms with van der Waals surface area (Å²) in [6, 6.07) is 0. The summed E-state index contributed by atoms with van der Waals surface area (Å²) < 4.78 is 5.10. The Labute approximate surface area is 113 Å². The van der Waals surface area contributed by atoms with Crippen LogP contribution in [0, 0.1) is 17.8 Å². The van der Waals surface area contributed by atoms with E-state index in [0.717, 1.165) is 32.1 Å². The lowest BCUT2D eigenvalue weighted by atomic mass is 9.80. The number of hydrogen-bond acceptors (Lipinski definition) is 4. The second-order valence-electron chi connectivity index (χ2n) is 6.13. The maximum absolute atomic E-state index is 12.3. The van der Waals surface area contributed by atoms with Crippen molar-refractivity contribution >= 4 is 17.5 Å². The number of ether oxygens (including phenoxy) is 1. The molecule has 0 radical (unpaired) electrons. The molecule has 0 bridgehead atoms. The topological polar surface area (TPSA) is 60.4 Å². The van der Waals surface area contributed by atoms with Gasteiger partial charge in [-0.05, 0) is 25.2 Å². The van der Waals surface area contributed by atoms with E-state index in [2.05, 4.69) is 0 Å². The van der Waals surface area contributed by atoms with Crippen molar-refractivity contribution in [1.29, 1.82) is 0 Å². The average Bonchev–Trinajstić information content (AvgIpc) is 2.64. The Morgan fingerprint density at radius 3 is 2.42 bits per heavy atom. The molecule has 2 atom stereocenters. The highest BCUT2D eigenvalue weighted by atomic mass is 16.6. The Kier molecular flexibility index (Phi) is 4.38. The molecule has 1 heterocycles. The molecule has 19 heavy (non-hydrogen) atoms. The van der Waals surface area contributed by atoms with Crippen LogP contribution in [0.5, 0.6) is 0 Å². The first-order valence-corrected chi connectivity index (χ1v) is 7.28. The molecule has 106 valence electrons. The van der Waals surface area contributed by atoms with Gasteiger partial charge in [-0.2, -0.15) is 0 Å². The number of ketones is 2. The van der Waals surface area contributed by atoms with E-state index in [4.69, 9.17) is 4.74 Å². The first-order valence-electron chi connectivity index (χ1n) is 7.28. The fourth-order valence-corrected chi connectivity index (χ4v) is 3.04. The van der Waals surface area contributed by atoms with Crippen molar-refractivity contribution in [3.63, 3.8) is 0 Å². The van der Waals surface area contributed by atoms with Crippen LogP contribution in [0.3, 0.4) is 0 Å². The van der Waals surface area contributed by atoms with Gasteiger partial charge in [0.2, 0.25) is 0 Å². The van der Waals surface area contributed by atoms with Crippen molar-refractivity contribution in [1.82, 2.24) is 0 Å².